The number of rotatable bonds is 3. The topological polar surface area (TPSA) is 91.5 Å². The molecule has 2 aromatic carbocycles. The Bertz CT molecular complexity index is 991. The Hall–Kier alpha value is -1.80. The number of sulfonamides is 1. The van der Waals surface area contributed by atoms with Crippen LogP contribution in [0.2, 0.25) is 0 Å². The van der Waals surface area contributed by atoms with Crippen molar-refractivity contribution in [3.63, 3.8) is 0 Å². The number of nitrogens with zero attached hydrogens (tertiary/aromatic N) is 3. The molecule has 0 spiro atoms. The third-order valence-corrected chi connectivity index (χ3v) is 4.50. The molecule has 0 aliphatic heterocycles. The number of nitrogens with two attached hydrogens (primary N) is 1. The van der Waals surface area contributed by atoms with Gasteiger partial charge in [0.25, 0.3) is 10.0 Å². The molecule has 0 aliphatic rings. The van der Waals surface area contributed by atoms with Gasteiger partial charge in [0.15, 0.2) is 0 Å². The van der Waals surface area contributed by atoms with Gasteiger partial charge in [0, 0.05) is 11.4 Å². The van der Waals surface area contributed by atoms with Gasteiger partial charge in [0.1, 0.15) is 5.49 Å². The molecule has 0 saturated heterocycles. The summed E-state index contributed by atoms with van der Waals surface area (Å²) in [4.78, 5) is 0.0881. The van der Waals surface area contributed by atoms with E-state index >= 15 is 0 Å². The van der Waals surface area contributed by atoms with Crippen LogP contribution in [0.15, 0.2) is 70.0 Å². The molecule has 1 heterocycles. The molecule has 8 heteroatoms. The Kier molecular flexibility index (Phi) is 5.71. The van der Waals surface area contributed by atoms with Crippen molar-refractivity contribution in [1.82, 2.24) is 9.78 Å². The third-order valence-electron chi connectivity index (χ3n) is 3.21. The van der Waals surface area contributed by atoms with E-state index in [1.807, 2.05) is 30.3 Å². The van der Waals surface area contributed by atoms with Crippen molar-refractivity contribution < 1.29 is 38.0 Å². The van der Waals surface area contributed by atoms with Crippen LogP contribution in [-0.2, 0) is 10.0 Å². The van der Waals surface area contributed by atoms with Crippen molar-refractivity contribution in [3.8, 4) is 5.69 Å². The average Bonchev–Trinajstić information content (AvgIpc) is 2.88. The van der Waals surface area contributed by atoms with E-state index in [1.165, 1.54) is 28.9 Å². The molecule has 3 aromatic rings. The Morgan fingerprint density at radius 3 is 2.29 bits per heavy atom. The molecule has 118 valence electrons. The zero-order chi connectivity index (χ0) is 16.4. The van der Waals surface area contributed by atoms with Crippen molar-refractivity contribution in [3.05, 3.63) is 71.8 Å². The van der Waals surface area contributed by atoms with Gasteiger partial charge >= 0.3 is 29.6 Å². The summed E-state index contributed by atoms with van der Waals surface area (Å²) in [5.74, 6) is 0. The molecule has 2 N–H and O–H groups in total. The van der Waals surface area contributed by atoms with Crippen molar-refractivity contribution in [2.45, 2.75) is 11.8 Å². The number of anilines is 1. The van der Waals surface area contributed by atoms with E-state index in [4.69, 9.17) is 5.73 Å². The van der Waals surface area contributed by atoms with E-state index in [2.05, 4.69) is 9.50 Å². The quantitative estimate of drug-likeness (QED) is 0.466. The van der Waals surface area contributed by atoms with E-state index in [0.717, 1.165) is 5.69 Å². The predicted octanol–water partition coefficient (Wildman–Crippen LogP) is -1.38. The molecule has 0 saturated carbocycles. The van der Waals surface area contributed by atoms with Gasteiger partial charge in [-0.05, 0) is 42.5 Å². The Labute approximate surface area is 162 Å². The second-order valence-corrected chi connectivity index (χ2v) is 6.63. The van der Waals surface area contributed by atoms with Gasteiger partial charge in [-0.3, -0.25) is 0 Å². The van der Waals surface area contributed by atoms with Gasteiger partial charge in [-0.2, -0.15) is 8.42 Å². The smallest absolute Gasteiger partial charge is 0.592 e. The molecule has 0 bridgehead atoms. The first-order valence-corrected chi connectivity index (χ1v) is 8.35. The summed E-state index contributed by atoms with van der Waals surface area (Å²) in [7, 11) is -3.84. The molecule has 0 atom stereocenters. The summed E-state index contributed by atoms with van der Waals surface area (Å²) in [6, 6.07) is 16.8. The number of hydrogen-bond donors (Lipinski definition) is 1. The number of aromatic nitrogens is 2. The fraction of sp³-hybridized carbons (Fsp3) is 0.0625. The van der Waals surface area contributed by atoms with Crippen LogP contribution in [0.3, 0.4) is 0 Å². The Balaban J connectivity index is 0.00000208. The molecule has 0 aliphatic carbocycles. The zero-order valence-corrected chi connectivity index (χ0v) is 16.2. The van der Waals surface area contributed by atoms with Crippen LogP contribution in [0.4, 0.5) is 5.69 Å². The van der Waals surface area contributed by atoms with Gasteiger partial charge in [0.2, 0.25) is 0 Å². The number of aryl methyl sites for hydroxylation is 1. The molecule has 0 radical (unpaired) electrons. The molecule has 0 amide bonds. The van der Waals surface area contributed by atoms with E-state index in [9.17, 15) is 8.42 Å². The molecule has 0 fully saturated rings. The van der Waals surface area contributed by atoms with E-state index in [1.54, 1.807) is 13.0 Å². The van der Waals surface area contributed by atoms with E-state index in [0.29, 0.717) is 11.4 Å². The van der Waals surface area contributed by atoms with Crippen LogP contribution < -0.4 is 45.9 Å². The van der Waals surface area contributed by atoms with Crippen LogP contribution >= 0.6 is 0 Å². The summed E-state index contributed by atoms with van der Waals surface area (Å²) >= 11 is 0. The van der Waals surface area contributed by atoms with Crippen LogP contribution in [0.25, 0.3) is 5.69 Å². The molecule has 24 heavy (non-hydrogen) atoms. The largest absolute Gasteiger partial charge is 1.00 e. The van der Waals surface area contributed by atoms with Gasteiger partial charge < -0.3 is 15.5 Å². The number of benzene rings is 2. The Morgan fingerprint density at radius 1 is 1.04 bits per heavy atom. The van der Waals surface area contributed by atoms with Crippen LogP contribution in [0, 0.1) is 6.92 Å². The molecule has 0 unspecified atom stereocenters. The third kappa shape index (κ3) is 3.99. The van der Waals surface area contributed by atoms with Crippen LogP contribution in [0.1, 0.15) is 5.69 Å². The second-order valence-electron chi connectivity index (χ2n) is 5.03. The molecule has 1 aromatic heterocycles. The summed E-state index contributed by atoms with van der Waals surface area (Å²) in [5.41, 5.74) is 7.76. The first-order chi connectivity index (χ1) is 11.0. The van der Waals surface area contributed by atoms with Crippen LogP contribution in [0.5, 0.6) is 0 Å². The van der Waals surface area contributed by atoms with Crippen molar-refractivity contribution in [2.75, 3.05) is 5.73 Å². The molecular formula is C16H15N4NaO2S. The van der Waals surface area contributed by atoms with Crippen molar-refractivity contribution in [1.29, 1.82) is 0 Å². The zero-order valence-electron chi connectivity index (χ0n) is 13.4. The van der Waals surface area contributed by atoms with Crippen molar-refractivity contribution in [2.24, 2.45) is 4.40 Å². The minimum atomic E-state index is -3.84. The number of hydrogen-bond acceptors (Lipinski definition) is 3. The van der Waals surface area contributed by atoms with Crippen molar-refractivity contribution >= 4 is 15.7 Å². The fourth-order valence-corrected chi connectivity index (χ4v) is 3.09. The molecular weight excluding hydrogens is 335 g/mol. The first-order valence-electron chi connectivity index (χ1n) is 6.91. The van der Waals surface area contributed by atoms with Crippen LogP contribution in [-0.4, -0.2) is 13.1 Å². The normalized spacial score (nSPS) is 12.0. The van der Waals surface area contributed by atoms with Gasteiger partial charge in [0.05, 0.1) is 4.90 Å². The number of para-hydroxylation sites is 1. The summed E-state index contributed by atoms with van der Waals surface area (Å²) in [6.07, 6.45) is 0. The maximum atomic E-state index is 12.5. The predicted molar refractivity (Wildman–Crippen MR) is 87.4 cm³/mol. The first kappa shape index (κ1) is 18.5. The standard InChI is InChI=1S/C16H15N4O2S.Na/c1-12-11-16(20(18-12)14-5-3-2-4-6-14)19-23(21,22)15-9-7-13(17)8-10-15;/h2-11H,17H2,1H3;/q-1;+1. The summed E-state index contributed by atoms with van der Waals surface area (Å²) < 4.78 is 30.3. The van der Waals surface area contributed by atoms with E-state index < -0.39 is 10.0 Å². The number of nitrogen functional groups attached to an aromatic ring is 1. The maximum absolute atomic E-state index is 12.5. The molecule has 6 nitrogen and oxygen atoms in total. The maximum Gasteiger partial charge on any atom is 1.00 e. The van der Waals surface area contributed by atoms with E-state index in [-0.39, 0.29) is 39.9 Å². The monoisotopic (exact) mass is 350 g/mol. The fourth-order valence-electron chi connectivity index (χ4n) is 2.13. The van der Waals surface area contributed by atoms with Gasteiger partial charge in [-0.1, -0.05) is 25.1 Å². The average molecular weight is 350 g/mol. The SMILES string of the molecule is Cc1cc(=NS(=O)(=O)c2ccc(N)cc2)n(-c2ccccc2)[n-]1.[Na+]. The summed E-state index contributed by atoms with van der Waals surface area (Å²) in [6.45, 7) is 1.79. The Morgan fingerprint density at radius 2 is 1.67 bits per heavy atom. The molecule has 3 rings (SSSR count). The van der Waals surface area contributed by atoms with Gasteiger partial charge in [-0.15, -0.1) is 10.1 Å². The minimum absolute atomic E-state index is 0. The minimum Gasteiger partial charge on any atom is -0.592 e. The second kappa shape index (κ2) is 7.40. The summed E-state index contributed by atoms with van der Waals surface area (Å²) in [5, 5.41) is 4.31. The van der Waals surface area contributed by atoms with Gasteiger partial charge in [-0.25, -0.2) is 0 Å².